The molecule has 0 radical (unpaired) electrons. The Balaban J connectivity index is 2.31. The maximum atomic E-state index is 5.67. The summed E-state index contributed by atoms with van der Waals surface area (Å²) in [6.45, 7) is 0. The molecule has 0 saturated carbocycles. The van der Waals surface area contributed by atoms with Crippen molar-refractivity contribution >= 4 is 11.5 Å². The molecule has 2 N–H and O–H groups in total. The van der Waals surface area contributed by atoms with Gasteiger partial charge in [0.05, 0.1) is 5.69 Å². The number of benzene rings is 1. The summed E-state index contributed by atoms with van der Waals surface area (Å²) in [5, 5.41) is 4.22. The van der Waals surface area contributed by atoms with E-state index < -0.39 is 0 Å². The van der Waals surface area contributed by atoms with E-state index in [9.17, 15) is 0 Å². The van der Waals surface area contributed by atoms with Crippen molar-refractivity contribution in [3.8, 4) is 11.3 Å². The van der Waals surface area contributed by atoms with Crippen LogP contribution in [0.2, 0.25) is 0 Å². The third-order valence-electron chi connectivity index (χ3n) is 2.45. The molecule has 2 heterocycles. The summed E-state index contributed by atoms with van der Waals surface area (Å²) in [6.07, 6.45) is 1.76. The fourth-order valence-electron chi connectivity index (χ4n) is 1.74. The average Bonchev–Trinajstić information content (AvgIpc) is 2.70. The molecule has 2 aromatic heterocycles. The monoisotopic (exact) mass is 210 g/mol. The SMILES string of the molecule is Nc1cc2nccc(-c3ccccc3)n2n1. The van der Waals surface area contributed by atoms with Gasteiger partial charge < -0.3 is 5.73 Å². The largest absolute Gasteiger partial charge is 0.382 e. The highest BCUT2D eigenvalue weighted by molar-refractivity contribution is 5.63. The number of nitrogens with zero attached hydrogens (tertiary/aromatic N) is 3. The highest BCUT2D eigenvalue weighted by atomic mass is 15.3. The van der Waals surface area contributed by atoms with Gasteiger partial charge in [0.2, 0.25) is 0 Å². The number of nitrogens with two attached hydrogens (primary N) is 1. The fourth-order valence-corrected chi connectivity index (χ4v) is 1.74. The zero-order chi connectivity index (χ0) is 11.0. The minimum Gasteiger partial charge on any atom is -0.382 e. The molecule has 0 aliphatic heterocycles. The minimum absolute atomic E-state index is 0.482. The summed E-state index contributed by atoms with van der Waals surface area (Å²) < 4.78 is 1.75. The second-order valence-corrected chi connectivity index (χ2v) is 3.54. The molecule has 0 saturated heterocycles. The number of aromatic nitrogens is 3. The molecule has 0 fully saturated rings. The molecule has 3 rings (SSSR count). The van der Waals surface area contributed by atoms with Gasteiger partial charge in [-0.1, -0.05) is 30.3 Å². The maximum absolute atomic E-state index is 5.67. The number of fused-ring (bicyclic) bond motifs is 1. The van der Waals surface area contributed by atoms with E-state index in [4.69, 9.17) is 5.73 Å². The summed E-state index contributed by atoms with van der Waals surface area (Å²) in [5.74, 6) is 0.482. The van der Waals surface area contributed by atoms with Crippen LogP contribution < -0.4 is 5.73 Å². The minimum atomic E-state index is 0.482. The van der Waals surface area contributed by atoms with Gasteiger partial charge in [-0.25, -0.2) is 9.50 Å². The lowest BCUT2D eigenvalue weighted by atomic mass is 10.1. The Bertz CT molecular complexity index is 628. The fraction of sp³-hybridized carbons (Fsp3) is 0. The normalized spacial score (nSPS) is 10.8. The molecule has 1 aromatic carbocycles. The van der Waals surface area contributed by atoms with Gasteiger partial charge in [0.25, 0.3) is 0 Å². The van der Waals surface area contributed by atoms with Crippen molar-refractivity contribution in [3.05, 3.63) is 48.7 Å². The van der Waals surface area contributed by atoms with Crippen LogP contribution in [-0.4, -0.2) is 14.6 Å². The zero-order valence-electron chi connectivity index (χ0n) is 8.54. The summed E-state index contributed by atoms with van der Waals surface area (Å²) in [5.41, 5.74) is 8.51. The van der Waals surface area contributed by atoms with Gasteiger partial charge in [0.1, 0.15) is 5.82 Å². The Hall–Kier alpha value is -2.36. The van der Waals surface area contributed by atoms with Crippen molar-refractivity contribution in [2.24, 2.45) is 0 Å². The second-order valence-electron chi connectivity index (χ2n) is 3.54. The first-order chi connectivity index (χ1) is 7.84. The quantitative estimate of drug-likeness (QED) is 0.668. The molecule has 3 aromatic rings. The van der Waals surface area contributed by atoms with Crippen molar-refractivity contribution in [2.75, 3.05) is 5.73 Å². The highest BCUT2D eigenvalue weighted by Crippen LogP contribution is 2.19. The van der Waals surface area contributed by atoms with Crippen LogP contribution in [0.5, 0.6) is 0 Å². The van der Waals surface area contributed by atoms with E-state index in [1.807, 2.05) is 36.4 Å². The van der Waals surface area contributed by atoms with E-state index >= 15 is 0 Å². The predicted octanol–water partition coefficient (Wildman–Crippen LogP) is 1.98. The molecule has 0 atom stereocenters. The predicted molar refractivity (Wildman–Crippen MR) is 62.8 cm³/mol. The Morgan fingerprint density at radius 2 is 1.88 bits per heavy atom. The van der Waals surface area contributed by atoms with E-state index in [1.165, 1.54) is 0 Å². The number of anilines is 1. The van der Waals surface area contributed by atoms with Crippen LogP contribution in [0.3, 0.4) is 0 Å². The highest BCUT2D eigenvalue weighted by Gasteiger charge is 2.05. The van der Waals surface area contributed by atoms with Crippen LogP contribution in [0, 0.1) is 0 Å². The Kier molecular flexibility index (Phi) is 1.86. The van der Waals surface area contributed by atoms with E-state index in [0.717, 1.165) is 16.9 Å². The average molecular weight is 210 g/mol. The lowest BCUT2D eigenvalue weighted by molar-refractivity contribution is 0.954. The molecular formula is C12H10N4. The number of nitrogen functional groups attached to an aromatic ring is 1. The van der Waals surface area contributed by atoms with Crippen LogP contribution in [0.25, 0.3) is 16.9 Å². The van der Waals surface area contributed by atoms with Gasteiger partial charge in [-0.3, -0.25) is 0 Å². The topological polar surface area (TPSA) is 56.2 Å². The third kappa shape index (κ3) is 1.32. The molecule has 16 heavy (non-hydrogen) atoms. The van der Waals surface area contributed by atoms with E-state index in [2.05, 4.69) is 10.1 Å². The van der Waals surface area contributed by atoms with E-state index in [0.29, 0.717) is 5.82 Å². The van der Waals surface area contributed by atoms with Gasteiger partial charge in [-0.2, -0.15) is 0 Å². The van der Waals surface area contributed by atoms with Gasteiger partial charge >= 0.3 is 0 Å². The Labute approximate surface area is 92.4 Å². The van der Waals surface area contributed by atoms with Crippen LogP contribution in [0.1, 0.15) is 0 Å². The van der Waals surface area contributed by atoms with E-state index in [-0.39, 0.29) is 0 Å². The smallest absolute Gasteiger partial charge is 0.157 e. The summed E-state index contributed by atoms with van der Waals surface area (Å²) in [7, 11) is 0. The number of hydrogen-bond acceptors (Lipinski definition) is 3. The summed E-state index contributed by atoms with van der Waals surface area (Å²) in [6, 6.07) is 13.7. The van der Waals surface area contributed by atoms with Crippen LogP contribution >= 0.6 is 0 Å². The zero-order valence-corrected chi connectivity index (χ0v) is 8.54. The van der Waals surface area contributed by atoms with Crippen molar-refractivity contribution in [2.45, 2.75) is 0 Å². The van der Waals surface area contributed by atoms with Crippen molar-refractivity contribution in [1.82, 2.24) is 14.6 Å². The van der Waals surface area contributed by atoms with Gasteiger partial charge in [0.15, 0.2) is 5.65 Å². The molecule has 0 aliphatic rings. The first-order valence-corrected chi connectivity index (χ1v) is 5.00. The van der Waals surface area contributed by atoms with Gasteiger partial charge in [0, 0.05) is 17.8 Å². The first-order valence-electron chi connectivity index (χ1n) is 5.00. The lowest BCUT2D eigenvalue weighted by Gasteiger charge is -2.03. The molecule has 4 nitrogen and oxygen atoms in total. The lowest BCUT2D eigenvalue weighted by Crippen LogP contribution is -1.95. The van der Waals surface area contributed by atoms with Crippen LogP contribution in [-0.2, 0) is 0 Å². The molecule has 0 spiro atoms. The third-order valence-corrected chi connectivity index (χ3v) is 2.45. The molecule has 0 bridgehead atoms. The van der Waals surface area contributed by atoms with Crippen molar-refractivity contribution in [1.29, 1.82) is 0 Å². The Morgan fingerprint density at radius 1 is 1.06 bits per heavy atom. The van der Waals surface area contributed by atoms with Crippen molar-refractivity contribution < 1.29 is 0 Å². The van der Waals surface area contributed by atoms with Crippen molar-refractivity contribution in [3.63, 3.8) is 0 Å². The summed E-state index contributed by atoms with van der Waals surface area (Å²) >= 11 is 0. The molecule has 0 aliphatic carbocycles. The van der Waals surface area contributed by atoms with E-state index in [1.54, 1.807) is 16.8 Å². The molecule has 0 amide bonds. The molecule has 4 heteroatoms. The maximum Gasteiger partial charge on any atom is 0.157 e. The van der Waals surface area contributed by atoms with Crippen LogP contribution in [0.15, 0.2) is 48.7 Å². The van der Waals surface area contributed by atoms with Gasteiger partial charge in [-0.15, -0.1) is 5.10 Å². The molecular weight excluding hydrogens is 200 g/mol. The van der Waals surface area contributed by atoms with Crippen LogP contribution in [0.4, 0.5) is 5.82 Å². The second kappa shape index (κ2) is 3.34. The number of hydrogen-bond donors (Lipinski definition) is 1. The number of rotatable bonds is 1. The summed E-state index contributed by atoms with van der Waals surface area (Å²) in [4.78, 5) is 4.21. The molecule has 78 valence electrons. The molecule has 0 unspecified atom stereocenters. The van der Waals surface area contributed by atoms with Gasteiger partial charge in [-0.05, 0) is 6.07 Å². The Morgan fingerprint density at radius 3 is 2.69 bits per heavy atom. The first kappa shape index (κ1) is 8.91. The standard InChI is InChI=1S/C12H10N4/c13-11-8-12-14-7-6-10(16(12)15-11)9-4-2-1-3-5-9/h1-8H,(H2,13,15).